The summed E-state index contributed by atoms with van der Waals surface area (Å²) in [6.45, 7) is 2.18. The third-order valence-corrected chi connectivity index (χ3v) is 6.74. The summed E-state index contributed by atoms with van der Waals surface area (Å²) < 4.78 is 0. The zero-order valence-electron chi connectivity index (χ0n) is 14.7. The molecule has 25 heavy (non-hydrogen) atoms. The number of hydrogen-bond donors (Lipinski definition) is 3. The van der Waals surface area contributed by atoms with Crippen LogP contribution in [0, 0.1) is 5.92 Å². The summed E-state index contributed by atoms with van der Waals surface area (Å²) in [4.78, 5) is 0. The maximum Gasteiger partial charge on any atom is 0.116 e. The molecule has 1 fully saturated rings. The molecule has 1 saturated carbocycles. The van der Waals surface area contributed by atoms with E-state index in [4.69, 9.17) is 0 Å². The number of aliphatic hydroxyl groups excluding tert-OH is 1. The first-order valence-electron chi connectivity index (χ1n) is 9.28. The average molecular weight is 338 g/mol. The molecule has 4 rings (SSSR count). The number of aromatic hydroxyl groups is 1. The highest BCUT2D eigenvalue weighted by Gasteiger charge is 2.55. The van der Waals surface area contributed by atoms with E-state index in [0.29, 0.717) is 24.5 Å². The topological polar surface area (TPSA) is 60.7 Å². The van der Waals surface area contributed by atoms with E-state index < -0.39 is 11.7 Å². The molecule has 3 N–H and O–H groups in total. The van der Waals surface area contributed by atoms with Crippen LogP contribution < -0.4 is 0 Å². The molecule has 0 aliphatic heterocycles. The lowest BCUT2D eigenvalue weighted by Gasteiger charge is -2.55. The Morgan fingerprint density at radius 1 is 1.08 bits per heavy atom. The molecule has 0 amide bonds. The number of rotatable bonds is 2. The fraction of sp³-hybridized carbons (Fsp3) is 0.455. The molecule has 0 bridgehead atoms. The number of fused-ring (bicyclic) bond motifs is 3. The normalized spacial score (nSPS) is 34.2. The summed E-state index contributed by atoms with van der Waals surface area (Å²) in [6.07, 6.45) is 3.15. The molecule has 0 aromatic heterocycles. The number of hydrogen-bond acceptors (Lipinski definition) is 3. The molecule has 0 heterocycles. The van der Waals surface area contributed by atoms with Gasteiger partial charge in [0.1, 0.15) is 11.4 Å². The van der Waals surface area contributed by atoms with E-state index in [2.05, 4.69) is 6.92 Å². The van der Waals surface area contributed by atoms with Gasteiger partial charge in [-0.05, 0) is 66.8 Å². The largest absolute Gasteiger partial charge is 0.508 e. The van der Waals surface area contributed by atoms with Crippen LogP contribution in [0.2, 0.25) is 0 Å². The second-order valence-electron chi connectivity index (χ2n) is 7.80. The molecule has 0 unspecified atom stereocenters. The van der Waals surface area contributed by atoms with Gasteiger partial charge in [-0.3, -0.25) is 0 Å². The van der Waals surface area contributed by atoms with Gasteiger partial charge in [-0.2, -0.15) is 0 Å². The summed E-state index contributed by atoms with van der Waals surface area (Å²) >= 11 is 0. The van der Waals surface area contributed by atoms with E-state index in [-0.39, 0.29) is 5.41 Å². The number of aryl methyl sites for hydroxylation is 1. The summed E-state index contributed by atoms with van der Waals surface area (Å²) in [6, 6.07) is 15.2. The van der Waals surface area contributed by atoms with Crippen LogP contribution in [-0.4, -0.2) is 21.4 Å². The molecule has 0 saturated heterocycles. The van der Waals surface area contributed by atoms with E-state index in [1.807, 2.05) is 42.5 Å². The fourth-order valence-electron chi connectivity index (χ4n) is 5.36. The lowest BCUT2D eigenvalue weighted by atomic mass is 9.52. The van der Waals surface area contributed by atoms with Crippen LogP contribution >= 0.6 is 0 Å². The second-order valence-corrected chi connectivity index (χ2v) is 7.80. The first-order valence-corrected chi connectivity index (χ1v) is 9.28. The summed E-state index contributed by atoms with van der Waals surface area (Å²) in [5.74, 6) is 0.628. The van der Waals surface area contributed by atoms with Crippen LogP contribution in [0.4, 0.5) is 0 Å². The van der Waals surface area contributed by atoms with Crippen molar-refractivity contribution in [2.75, 3.05) is 0 Å². The second kappa shape index (κ2) is 5.86. The Bertz CT molecular complexity index is 772. The van der Waals surface area contributed by atoms with Crippen molar-refractivity contribution in [1.29, 1.82) is 0 Å². The molecule has 4 atom stereocenters. The van der Waals surface area contributed by atoms with Gasteiger partial charge in [0, 0.05) is 5.41 Å². The Morgan fingerprint density at radius 3 is 2.56 bits per heavy atom. The summed E-state index contributed by atoms with van der Waals surface area (Å²) in [7, 11) is 0. The molecule has 0 radical (unpaired) electrons. The first-order chi connectivity index (χ1) is 12.0. The van der Waals surface area contributed by atoms with E-state index >= 15 is 0 Å². The minimum atomic E-state index is -1.18. The van der Waals surface area contributed by atoms with Crippen molar-refractivity contribution < 1.29 is 15.3 Å². The van der Waals surface area contributed by atoms with Crippen molar-refractivity contribution in [2.45, 2.75) is 56.1 Å². The summed E-state index contributed by atoms with van der Waals surface area (Å²) in [5, 5.41) is 32.2. The van der Waals surface area contributed by atoms with Gasteiger partial charge in [0.05, 0.1) is 6.10 Å². The SMILES string of the molecule is CC[C@@]12C[C@H](O)[C@@](O)(c3ccccc3)C[C@H]1CCc1cc(O)ccc12. The van der Waals surface area contributed by atoms with Crippen LogP contribution in [0.15, 0.2) is 48.5 Å². The monoisotopic (exact) mass is 338 g/mol. The van der Waals surface area contributed by atoms with Crippen molar-refractivity contribution in [3.63, 3.8) is 0 Å². The Morgan fingerprint density at radius 2 is 1.84 bits per heavy atom. The number of aliphatic hydroxyl groups is 2. The Kier molecular flexibility index (Phi) is 3.89. The Hall–Kier alpha value is -1.84. The van der Waals surface area contributed by atoms with Crippen molar-refractivity contribution in [3.8, 4) is 5.75 Å². The van der Waals surface area contributed by atoms with Gasteiger partial charge in [0.25, 0.3) is 0 Å². The first kappa shape index (κ1) is 16.6. The van der Waals surface area contributed by atoms with E-state index in [0.717, 1.165) is 24.8 Å². The zero-order chi connectivity index (χ0) is 17.7. The molecule has 3 nitrogen and oxygen atoms in total. The lowest BCUT2D eigenvalue weighted by Crippen LogP contribution is -2.56. The smallest absolute Gasteiger partial charge is 0.116 e. The number of phenolic OH excluding ortho intramolecular Hbond substituents is 1. The summed E-state index contributed by atoms with van der Waals surface area (Å²) in [5.41, 5.74) is 1.94. The standard InChI is InChI=1S/C22H26O3/c1-2-21-14-20(24)22(25,16-6-4-3-5-7-16)13-17(21)9-8-15-12-18(23)10-11-19(15)21/h3-7,10-12,17,20,23-25H,2,8-9,13-14H2,1H3/t17-,20+,21-,22+/m1/s1. The molecule has 132 valence electrons. The van der Waals surface area contributed by atoms with Gasteiger partial charge in [0.2, 0.25) is 0 Å². The highest BCUT2D eigenvalue weighted by atomic mass is 16.3. The van der Waals surface area contributed by atoms with Crippen LogP contribution in [0.3, 0.4) is 0 Å². The predicted octanol–water partition coefficient (Wildman–Crippen LogP) is 3.64. The minimum Gasteiger partial charge on any atom is -0.508 e. The van der Waals surface area contributed by atoms with Gasteiger partial charge in [-0.25, -0.2) is 0 Å². The maximum atomic E-state index is 11.4. The van der Waals surface area contributed by atoms with Crippen LogP contribution in [0.5, 0.6) is 5.75 Å². The van der Waals surface area contributed by atoms with Crippen LogP contribution in [0.1, 0.15) is 49.3 Å². The van der Waals surface area contributed by atoms with Gasteiger partial charge < -0.3 is 15.3 Å². The predicted molar refractivity (Wildman–Crippen MR) is 97.5 cm³/mol. The van der Waals surface area contributed by atoms with E-state index in [1.54, 1.807) is 6.07 Å². The zero-order valence-corrected chi connectivity index (χ0v) is 14.7. The van der Waals surface area contributed by atoms with E-state index in [1.165, 1.54) is 11.1 Å². The highest BCUT2D eigenvalue weighted by Crippen LogP contribution is 2.56. The molecular formula is C22H26O3. The molecule has 2 aliphatic carbocycles. The maximum absolute atomic E-state index is 11.4. The van der Waals surface area contributed by atoms with Gasteiger partial charge in [0.15, 0.2) is 0 Å². The Labute approximate surface area is 149 Å². The van der Waals surface area contributed by atoms with Crippen molar-refractivity contribution in [1.82, 2.24) is 0 Å². The third-order valence-electron chi connectivity index (χ3n) is 6.74. The van der Waals surface area contributed by atoms with Gasteiger partial charge in [-0.15, -0.1) is 0 Å². The highest BCUT2D eigenvalue weighted by molar-refractivity contribution is 5.44. The Balaban J connectivity index is 1.77. The third kappa shape index (κ3) is 2.41. The molecular weight excluding hydrogens is 312 g/mol. The average Bonchev–Trinajstić information content (AvgIpc) is 2.63. The number of benzene rings is 2. The lowest BCUT2D eigenvalue weighted by molar-refractivity contribution is -0.146. The molecule has 2 aromatic carbocycles. The minimum absolute atomic E-state index is 0.123. The van der Waals surface area contributed by atoms with Crippen molar-refractivity contribution in [3.05, 3.63) is 65.2 Å². The van der Waals surface area contributed by atoms with Crippen LogP contribution in [-0.2, 0) is 17.4 Å². The van der Waals surface area contributed by atoms with Crippen LogP contribution in [0.25, 0.3) is 0 Å². The van der Waals surface area contributed by atoms with E-state index in [9.17, 15) is 15.3 Å². The van der Waals surface area contributed by atoms with Crippen molar-refractivity contribution >= 4 is 0 Å². The number of phenols is 1. The fourth-order valence-corrected chi connectivity index (χ4v) is 5.36. The van der Waals surface area contributed by atoms with Crippen molar-refractivity contribution in [2.24, 2.45) is 5.92 Å². The molecule has 2 aromatic rings. The quantitative estimate of drug-likeness (QED) is 0.783. The van der Waals surface area contributed by atoms with Gasteiger partial charge >= 0.3 is 0 Å². The van der Waals surface area contributed by atoms with Gasteiger partial charge in [-0.1, -0.05) is 43.3 Å². The molecule has 2 aliphatic rings. The molecule has 0 spiro atoms. The molecule has 3 heteroatoms.